The van der Waals surface area contributed by atoms with Crippen LogP contribution in [0.3, 0.4) is 0 Å². The number of benzene rings is 3. The van der Waals surface area contributed by atoms with E-state index >= 15 is 0 Å². The Hall–Kier alpha value is -2.94. The van der Waals surface area contributed by atoms with E-state index < -0.39 is 32.7 Å². The van der Waals surface area contributed by atoms with Crippen molar-refractivity contribution in [3.8, 4) is 11.1 Å². The summed E-state index contributed by atoms with van der Waals surface area (Å²) in [7, 11) is -3.96. The first-order valence-electron chi connectivity index (χ1n) is 11.1. The van der Waals surface area contributed by atoms with Crippen molar-refractivity contribution in [1.29, 1.82) is 0 Å². The number of amidine groups is 1. The number of aliphatic hydroxyl groups is 1. The largest absolute Gasteiger partial charge is 0.457 e. The minimum absolute atomic E-state index is 0.0522. The van der Waals surface area contributed by atoms with Gasteiger partial charge in [-0.2, -0.15) is 0 Å². The summed E-state index contributed by atoms with van der Waals surface area (Å²) in [4.78, 5) is 4.32. The van der Waals surface area contributed by atoms with Crippen molar-refractivity contribution in [2.75, 3.05) is 6.61 Å². The summed E-state index contributed by atoms with van der Waals surface area (Å²) >= 11 is 6.01. The fraction of sp³-hybridized carbons (Fsp3) is 0.269. The molecule has 1 heterocycles. The summed E-state index contributed by atoms with van der Waals surface area (Å²) in [6, 6.07) is 19.9. The topological polar surface area (TPSA) is 88.0 Å². The predicted molar refractivity (Wildman–Crippen MR) is 135 cm³/mol. The lowest BCUT2D eigenvalue weighted by Gasteiger charge is -2.39. The maximum atomic E-state index is 14.5. The number of nitrogens with one attached hydrogen (secondary N) is 1. The van der Waals surface area contributed by atoms with Gasteiger partial charge in [0.05, 0.1) is 6.04 Å². The molecule has 0 radical (unpaired) electrons. The van der Waals surface area contributed by atoms with Gasteiger partial charge in [-0.3, -0.25) is 0 Å². The van der Waals surface area contributed by atoms with Crippen LogP contribution < -0.4 is 4.72 Å². The molecule has 0 aliphatic carbocycles. The minimum atomic E-state index is -3.96. The van der Waals surface area contributed by atoms with Crippen LogP contribution in [0.2, 0.25) is 5.02 Å². The molecule has 2 atom stereocenters. The number of hydrogen-bond donors (Lipinski definition) is 2. The van der Waals surface area contributed by atoms with Gasteiger partial charge in [-0.1, -0.05) is 66.2 Å². The van der Waals surface area contributed by atoms with Gasteiger partial charge in [0.2, 0.25) is 10.0 Å². The van der Waals surface area contributed by atoms with Gasteiger partial charge < -0.3 is 9.84 Å². The van der Waals surface area contributed by atoms with Gasteiger partial charge in [-0.15, -0.1) is 0 Å². The highest BCUT2D eigenvalue weighted by molar-refractivity contribution is 7.90. The van der Waals surface area contributed by atoms with Crippen LogP contribution in [0.4, 0.5) is 4.39 Å². The summed E-state index contributed by atoms with van der Waals surface area (Å²) in [6.07, 6.45) is 0.0522. The quantitative estimate of drug-likeness (QED) is 0.459. The van der Waals surface area contributed by atoms with E-state index in [1.54, 1.807) is 26.0 Å². The van der Waals surface area contributed by atoms with E-state index in [0.717, 1.165) is 11.1 Å². The zero-order valence-electron chi connectivity index (χ0n) is 19.3. The van der Waals surface area contributed by atoms with E-state index in [-0.39, 0.29) is 24.6 Å². The van der Waals surface area contributed by atoms with Crippen LogP contribution in [0.5, 0.6) is 0 Å². The Morgan fingerprint density at radius 2 is 1.74 bits per heavy atom. The summed E-state index contributed by atoms with van der Waals surface area (Å²) in [5.41, 5.74) is 1.50. The first kappa shape index (κ1) is 25.2. The van der Waals surface area contributed by atoms with Gasteiger partial charge >= 0.3 is 0 Å². The third-order valence-corrected chi connectivity index (χ3v) is 8.00. The maximum Gasteiger partial charge on any atom is 0.299 e. The lowest BCUT2D eigenvalue weighted by atomic mass is 9.95. The molecule has 2 N–H and O–H groups in total. The van der Waals surface area contributed by atoms with Crippen LogP contribution in [-0.2, 0) is 14.8 Å². The highest BCUT2D eigenvalue weighted by Crippen LogP contribution is 2.40. The molecule has 0 spiro atoms. The average Bonchev–Trinajstić information content (AvgIpc) is 2.80. The molecule has 0 amide bonds. The van der Waals surface area contributed by atoms with Crippen LogP contribution in [0.15, 0.2) is 77.8 Å². The summed E-state index contributed by atoms with van der Waals surface area (Å²) in [5.74, 6) is -0.563. The molecule has 6 nitrogen and oxygen atoms in total. The first-order valence-corrected chi connectivity index (χ1v) is 13.0. The van der Waals surface area contributed by atoms with E-state index in [9.17, 15) is 17.9 Å². The maximum absolute atomic E-state index is 14.5. The molecule has 3 aromatic rings. The Labute approximate surface area is 209 Å². The van der Waals surface area contributed by atoms with Crippen LogP contribution in [0.25, 0.3) is 11.1 Å². The van der Waals surface area contributed by atoms with Crippen LogP contribution in [-0.4, -0.2) is 31.8 Å². The number of ether oxygens (including phenoxy) is 1. The number of halogens is 2. The minimum Gasteiger partial charge on any atom is -0.457 e. The van der Waals surface area contributed by atoms with Gasteiger partial charge in [0.25, 0.3) is 6.02 Å². The van der Waals surface area contributed by atoms with E-state index in [4.69, 9.17) is 16.3 Å². The summed E-state index contributed by atoms with van der Waals surface area (Å²) in [5, 5.41) is 8.77. The number of sulfonamides is 1. The van der Waals surface area contributed by atoms with E-state index in [0.29, 0.717) is 10.6 Å². The molecule has 1 aliphatic rings. The van der Waals surface area contributed by atoms with Crippen molar-refractivity contribution in [3.63, 3.8) is 0 Å². The van der Waals surface area contributed by atoms with Crippen molar-refractivity contribution >= 4 is 27.6 Å². The predicted octanol–water partition coefficient (Wildman–Crippen LogP) is 5.40. The monoisotopic (exact) mass is 516 g/mol. The standard InChI is InChI=1S/C26H26ClFN2O4S/c1-26(2)24(19-10-8-18(9-11-19)17-6-4-3-5-7-17)35(32,33)30-25(34-26)29-23(14-15-31)21-16-20(27)12-13-22(21)28/h3-13,16,23-24,31H,14-15H2,1-2H3,(H,29,30). The van der Waals surface area contributed by atoms with E-state index in [1.165, 1.54) is 18.2 Å². The van der Waals surface area contributed by atoms with Crippen LogP contribution >= 0.6 is 11.6 Å². The molecule has 0 aromatic heterocycles. The molecule has 9 heteroatoms. The fourth-order valence-corrected chi connectivity index (χ4v) is 6.26. The number of aliphatic imine (C=N–C) groups is 1. The summed E-state index contributed by atoms with van der Waals surface area (Å²) < 4.78 is 49.5. The van der Waals surface area contributed by atoms with E-state index in [2.05, 4.69) is 9.71 Å². The van der Waals surface area contributed by atoms with E-state index in [1.807, 2.05) is 42.5 Å². The molecule has 0 bridgehead atoms. The molecule has 3 aromatic carbocycles. The number of rotatable bonds is 6. The first-order chi connectivity index (χ1) is 16.6. The van der Waals surface area contributed by atoms with Crippen LogP contribution in [0.1, 0.15) is 42.7 Å². The average molecular weight is 517 g/mol. The van der Waals surface area contributed by atoms with Crippen molar-refractivity contribution in [3.05, 3.63) is 94.8 Å². The van der Waals surface area contributed by atoms with Gasteiger partial charge in [-0.05, 0) is 55.2 Å². The molecule has 2 unspecified atom stereocenters. The van der Waals surface area contributed by atoms with Gasteiger partial charge in [0, 0.05) is 17.2 Å². The van der Waals surface area contributed by atoms with Gasteiger partial charge in [-0.25, -0.2) is 22.5 Å². The Balaban J connectivity index is 1.65. The third kappa shape index (κ3) is 5.50. The fourth-order valence-electron chi connectivity index (χ4n) is 4.32. The molecule has 184 valence electrons. The number of nitrogens with zero attached hydrogens (tertiary/aromatic N) is 1. The normalized spacial score (nSPS) is 20.6. The van der Waals surface area contributed by atoms with Crippen molar-refractivity contribution in [2.24, 2.45) is 4.99 Å². The smallest absolute Gasteiger partial charge is 0.299 e. The zero-order valence-corrected chi connectivity index (χ0v) is 20.9. The lowest BCUT2D eigenvalue weighted by molar-refractivity contribution is 0.0758. The molecule has 4 rings (SSSR count). The molecular formula is C26H26ClFN2O4S. The Morgan fingerprint density at radius 1 is 1.09 bits per heavy atom. The van der Waals surface area contributed by atoms with Crippen molar-refractivity contribution in [1.82, 2.24) is 4.72 Å². The Kier molecular flexibility index (Phi) is 7.17. The van der Waals surface area contributed by atoms with Crippen molar-refractivity contribution < 1.29 is 22.7 Å². The van der Waals surface area contributed by atoms with Crippen molar-refractivity contribution in [2.45, 2.75) is 37.2 Å². The lowest BCUT2D eigenvalue weighted by Crippen LogP contribution is -2.53. The molecular weight excluding hydrogens is 491 g/mol. The number of hydrogen-bond acceptors (Lipinski definition) is 5. The molecule has 1 saturated heterocycles. The number of aliphatic hydroxyl groups excluding tert-OH is 1. The second-order valence-corrected chi connectivity index (χ2v) is 11.1. The molecule has 35 heavy (non-hydrogen) atoms. The highest BCUT2D eigenvalue weighted by Gasteiger charge is 2.48. The summed E-state index contributed by atoms with van der Waals surface area (Å²) in [6.45, 7) is 3.04. The van der Waals surface area contributed by atoms with Crippen LogP contribution in [0, 0.1) is 5.82 Å². The Morgan fingerprint density at radius 3 is 2.37 bits per heavy atom. The second-order valence-electron chi connectivity index (χ2n) is 8.85. The molecule has 0 saturated carbocycles. The molecule has 1 fully saturated rings. The zero-order chi connectivity index (χ0) is 25.2. The van der Waals surface area contributed by atoms with Gasteiger partial charge in [0.1, 0.15) is 16.7 Å². The highest BCUT2D eigenvalue weighted by atomic mass is 35.5. The SMILES string of the molecule is CC1(C)OC(=NC(CCO)c2cc(Cl)ccc2F)NS(=O)(=O)C1c1ccc(-c2ccccc2)cc1. The van der Waals surface area contributed by atoms with Gasteiger partial charge in [0.15, 0.2) is 0 Å². The third-order valence-electron chi connectivity index (χ3n) is 5.84. The Bertz CT molecular complexity index is 1330. The molecule has 1 aliphatic heterocycles. The second kappa shape index (κ2) is 9.97.